The smallest absolute Gasteiger partial charge is 0.325 e. The highest BCUT2D eigenvalue weighted by molar-refractivity contribution is 5.69. The highest BCUT2D eigenvalue weighted by Gasteiger charge is 2.11. The molecule has 0 unspecified atom stereocenters. The maximum absolute atomic E-state index is 10.7. The van der Waals surface area contributed by atoms with Gasteiger partial charge in [-0.15, -0.1) is 0 Å². The van der Waals surface area contributed by atoms with Crippen LogP contribution in [0.1, 0.15) is 31.0 Å². The van der Waals surface area contributed by atoms with Crippen LogP contribution in [0.5, 0.6) is 0 Å². The van der Waals surface area contributed by atoms with Crippen molar-refractivity contribution in [2.24, 2.45) is 0 Å². The number of aromatic nitrogens is 2. The van der Waals surface area contributed by atoms with Crippen molar-refractivity contribution in [2.75, 3.05) is 0 Å². The molecule has 0 amide bonds. The van der Waals surface area contributed by atoms with Crippen LogP contribution in [-0.4, -0.2) is 20.9 Å². The molecule has 0 bridgehead atoms. The van der Waals surface area contributed by atoms with Crippen LogP contribution in [0.4, 0.5) is 0 Å². The van der Waals surface area contributed by atoms with Crippen molar-refractivity contribution in [1.82, 2.24) is 9.78 Å². The molecule has 1 aromatic heterocycles. The second-order valence-corrected chi connectivity index (χ2v) is 4.97. The van der Waals surface area contributed by atoms with Crippen molar-refractivity contribution >= 4 is 5.97 Å². The maximum atomic E-state index is 10.7. The summed E-state index contributed by atoms with van der Waals surface area (Å²) in [4.78, 5) is 10.7. The molecule has 0 fully saturated rings. The van der Waals surface area contributed by atoms with Crippen LogP contribution in [0.25, 0.3) is 11.1 Å². The summed E-state index contributed by atoms with van der Waals surface area (Å²) in [5, 5.41) is 12.9. The molecule has 0 radical (unpaired) electrons. The summed E-state index contributed by atoms with van der Waals surface area (Å²) in [6.07, 6.45) is 1.72. The first kappa shape index (κ1) is 13.3. The molecule has 4 nitrogen and oxygen atoms in total. The molecule has 0 spiro atoms. The zero-order valence-corrected chi connectivity index (χ0v) is 11.4. The van der Waals surface area contributed by atoms with Crippen molar-refractivity contribution in [3.05, 3.63) is 41.7 Å². The van der Waals surface area contributed by atoms with Crippen LogP contribution in [-0.2, 0) is 11.3 Å². The molecular formula is C15H18N2O2. The number of nitrogens with zero attached hydrogens (tertiary/aromatic N) is 2. The monoisotopic (exact) mass is 258 g/mol. The molecule has 1 N–H and O–H groups in total. The first-order valence-corrected chi connectivity index (χ1v) is 6.33. The SMILES string of the molecule is Cc1c(-c2ccc(C(C)C)cc2)cnn1CC(=O)O. The van der Waals surface area contributed by atoms with Crippen LogP contribution in [0, 0.1) is 6.92 Å². The molecule has 0 atom stereocenters. The number of carboxylic acid groups (broad SMARTS) is 1. The van der Waals surface area contributed by atoms with E-state index in [4.69, 9.17) is 5.11 Å². The number of rotatable bonds is 4. The van der Waals surface area contributed by atoms with Crippen LogP contribution < -0.4 is 0 Å². The molecule has 0 aliphatic carbocycles. The Hall–Kier alpha value is -2.10. The molecule has 0 saturated carbocycles. The van der Waals surface area contributed by atoms with Gasteiger partial charge in [0.05, 0.1) is 6.20 Å². The lowest BCUT2D eigenvalue weighted by Gasteiger charge is -2.07. The number of hydrogen-bond acceptors (Lipinski definition) is 2. The van der Waals surface area contributed by atoms with Crippen molar-refractivity contribution in [3.8, 4) is 11.1 Å². The Labute approximate surface area is 112 Å². The van der Waals surface area contributed by atoms with Crippen LogP contribution >= 0.6 is 0 Å². The van der Waals surface area contributed by atoms with Gasteiger partial charge in [0.1, 0.15) is 6.54 Å². The van der Waals surface area contributed by atoms with E-state index in [0.29, 0.717) is 5.92 Å². The van der Waals surface area contributed by atoms with Gasteiger partial charge in [0, 0.05) is 11.3 Å². The third kappa shape index (κ3) is 2.84. The average Bonchev–Trinajstić information content (AvgIpc) is 2.70. The Bertz CT molecular complexity index is 583. The summed E-state index contributed by atoms with van der Waals surface area (Å²) < 4.78 is 1.51. The van der Waals surface area contributed by atoms with E-state index in [1.54, 1.807) is 6.20 Å². The van der Waals surface area contributed by atoms with E-state index in [-0.39, 0.29) is 6.54 Å². The first-order valence-electron chi connectivity index (χ1n) is 6.33. The molecule has 19 heavy (non-hydrogen) atoms. The molecule has 100 valence electrons. The van der Waals surface area contributed by atoms with Gasteiger partial charge in [-0.25, -0.2) is 0 Å². The second-order valence-electron chi connectivity index (χ2n) is 4.97. The van der Waals surface area contributed by atoms with E-state index in [1.165, 1.54) is 10.2 Å². The highest BCUT2D eigenvalue weighted by Crippen LogP contribution is 2.25. The third-order valence-corrected chi connectivity index (χ3v) is 3.28. The summed E-state index contributed by atoms with van der Waals surface area (Å²) in [6.45, 7) is 6.10. The van der Waals surface area contributed by atoms with Gasteiger partial charge >= 0.3 is 5.97 Å². The fourth-order valence-corrected chi connectivity index (χ4v) is 2.07. The van der Waals surface area contributed by atoms with Gasteiger partial charge in [0.2, 0.25) is 0 Å². The van der Waals surface area contributed by atoms with E-state index >= 15 is 0 Å². The van der Waals surface area contributed by atoms with Crippen molar-refractivity contribution in [1.29, 1.82) is 0 Å². The standard InChI is InChI=1S/C15H18N2O2/c1-10(2)12-4-6-13(7-5-12)14-8-16-17(11(14)3)9-15(18)19/h4-8,10H,9H2,1-3H3,(H,18,19). The van der Waals surface area contributed by atoms with Crippen LogP contribution in [0.3, 0.4) is 0 Å². The van der Waals surface area contributed by atoms with Gasteiger partial charge in [-0.05, 0) is 24.0 Å². The normalized spacial score (nSPS) is 10.9. The lowest BCUT2D eigenvalue weighted by atomic mass is 9.99. The number of aliphatic carboxylic acids is 1. The quantitative estimate of drug-likeness (QED) is 0.917. The summed E-state index contributed by atoms with van der Waals surface area (Å²) in [6, 6.07) is 8.33. The lowest BCUT2D eigenvalue weighted by molar-refractivity contribution is -0.137. The van der Waals surface area contributed by atoms with Gasteiger partial charge in [0.15, 0.2) is 0 Å². The minimum atomic E-state index is -0.882. The number of carbonyl (C=O) groups is 1. The molecule has 4 heteroatoms. The maximum Gasteiger partial charge on any atom is 0.325 e. The largest absolute Gasteiger partial charge is 0.480 e. The summed E-state index contributed by atoms with van der Waals surface area (Å²) >= 11 is 0. The number of carboxylic acids is 1. The summed E-state index contributed by atoms with van der Waals surface area (Å²) in [5.41, 5.74) is 4.22. The van der Waals surface area contributed by atoms with Gasteiger partial charge in [-0.2, -0.15) is 5.10 Å². The molecule has 1 heterocycles. The molecule has 0 aliphatic heterocycles. The Morgan fingerprint density at radius 1 is 1.32 bits per heavy atom. The lowest BCUT2D eigenvalue weighted by Crippen LogP contribution is -2.11. The van der Waals surface area contributed by atoms with Crippen molar-refractivity contribution < 1.29 is 9.90 Å². The molecule has 2 rings (SSSR count). The fourth-order valence-electron chi connectivity index (χ4n) is 2.07. The minimum Gasteiger partial charge on any atom is -0.480 e. The van der Waals surface area contributed by atoms with E-state index in [1.807, 2.05) is 6.92 Å². The Morgan fingerprint density at radius 3 is 2.47 bits per heavy atom. The minimum absolute atomic E-state index is 0.101. The van der Waals surface area contributed by atoms with Crippen molar-refractivity contribution in [2.45, 2.75) is 33.2 Å². The van der Waals surface area contributed by atoms with E-state index < -0.39 is 5.97 Å². The summed E-state index contributed by atoms with van der Waals surface area (Å²) in [5.74, 6) is -0.377. The van der Waals surface area contributed by atoms with Crippen molar-refractivity contribution in [3.63, 3.8) is 0 Å². The van der Waals surface area contributed by atoms with Gasteiger partial charge in [-0.1, -0.05) is 38.1 Å². The molecule has 0 saturated heterocycles. The topological polar surface area (TPSA) is 55.1 Å². The predicted molar refractivity (Wildman–Crippen MR) is 74.1 cm³/mol. The molecule has 0 aliphatic rings. The van der Waals surface area contributed by atoms with Gasteiger partial charge < -0.3 is 5.11 Å². The van der Waals surface area contributed by atoms with E-state index in [9.17, 15) is 4.79 Å². The number of benzene rings is 1. The zero-order chi connectivity index (χ0) is 14.0. The zero-order valence-electron chi connectivity index (χ0n) is 11.4. The summed E-state index contributed by atoms with van der Waals surface area (Å²) in [7, 11) is 0. The molecular weight excluding hydrogens is 240 g/mol. The highest BCUT2D eigenvalue weighted by atomic mass is 16.4. The van der Waals surface area contributed by atoms with Gasteiger partial charge in [-0.3, -0.25) is 9.48 Å². The first-order chi connectivity index (χ1) is 8.99. The molecule has 1 aromatic carbocycles. The second kappa shape index (κ2) is 5.26. The van der Waals surface area contributed by atoms with Crippen LogP contribution in [0.2, 0.25) is 0 Å². The number of hydrogen-bond donors (Lipinski definition) is 1. The Morgan fingerprint density at radius 2 is 1.95 bits per heavy atom. The Balaban J connectivity index is 2.31. The molecule has 2 aromatic rings. The van der Waals surface area contributed by atoms with Gasteiger partial charge in [0.25, 0.3) is 0 Å². The predicted octanol–water partition coefficient (Wildman–Crippen LogP) is 3.07. The fraction of sp³-hybridized carbons (Fsp3) is 0.333. The third-order valence-electron chi connectivity index (χ3n) is 3.28. The Kier molecular flexibility index (Phi) is 3.69. The average molecular weight is 258 g/mol. The van der Waals surface area contributed by atoms with Crippen LogP contribution in [0.15, 0.2) is 30.5 Å². The van der Waals surface area contributed by atoms with E-state index in [2.05, 4.69) is 43.2 Å². The van der Waals surface area contributed by atoms with E-state index in [0.717, 1.165) is 16.8 Å².